The standard InChI is InChI=1S/C9H18N4O2/c1-2-5-12-9(11)13-6-3-4-7(10)8(14)15/h2,7H,1,3-6,10H2,(H,14,15)(H3,11,12,13)/t7-/m0/s1/i5D2. The number of nitrogens with zero attached hydrogens (tertiary/aromatic N) is 1. The summed E-state index contributed by atoms with van der Waals surface area (Å²) in [7, 11) is 0. The highest BCUT2D eigenvalue weighted by molar-refractivity contribution is 5.77. The highest BCUT2D eigenvalue weighted by Crippen LogP contribution is 1.92. The number of hydrogen-bond acceptors (Lipinski definition) is 3. The topological polar surface area (TPSA) is 114 Å². The van der Waals surface area contributed by atoms with E-state index in [9.17, 15) is 4.79 Å². The Bertz CT molecular complexity index is 307. The quantitative estimate of drug-likeness (QED) is 0.194. The van der Waals surface area contributed by atoms with Crippen molar-refractivity contribution in [3.05, 3.63) is 12.7 Å². The van der Waals surface area contributed by atoms with Gasteiger partial charge in [0.2, 0.25) is 0 Å². The Morgan fingerprint density at radius 1 is 1.80 bits per heavy atom. The third-order valence-electron chi connectivity index (χ3n) is 1.59. The summed E-state index contributed by atoms with van der Waals surface area (Å²) in [6.45, 7) is 1.75. The van der Waals surface area contributed by atoms with Crippen LogP contribution in [0.5, 0.6) is 0 Å². The van der Waals surface area contributed by atoms with Crippen LogP contribution in [0.4, 0.5) is 0 Å². The van der Waals surface area contributed by atoms with Crippen LogP contribution >= 0.6 is 0 Å². The van der Waals surface area contributed by atoms with Gasteiger partial charge >= 0.3 is 5.97 Å². The van der Waals surface area contributed by atoms with Crippen molar-refractivity contribution in [2.75, 3.05) is 13.0 Å². The number of carboxylic acids is 1. The first-order valence-electron chi connectivity index (χ1n) is 5.49. The fraction of sp³-hybridized carbons (Fsp3) is 0.556. The van der Waals surface area contributed by atoms with E-state index in [1.807, 2.05) is 0 Å². The number of nitrogens with two attached hydrogens (primary N) is 2. The molecule has 6 nitrogen and oxygen atoms in total. The van der Waals surface area contributed by atoms with Crippen LogP contribution in [0.1, 0.15) is 15.6 Å². The summed E-state index contributed by atoms with van der Waals surface area (Å²) >= 11 is 0. The molecular weight excluding hydrogens is 196 g/mol. The Morgan fingerprint density at radius 2 is 2.47 bits per heavy atom. The Kier molecular flexibility index (Phi) is 5.19. The van der Waals surface area contributed by atoms with E-state index in [0.717, 1.165) is 6.08 Å². The average Bonchev–Trinajstić information content (AvgIpc) is 2.23. The van der Waals surface area contributed by atoms with Crippen molar-refractivity contribution >= 4 is 11.9 Å². The summed E-state index contributed by atoms with van der Waals surface area (Å²) in [5.41, 5.74) is 10.7. The van der Waals surface area contributed by atoms with Crippen LogP contribution in [0.25, 0.3) is 0 Å². The Balaban J connectivity index is 3.90. The number of hydrogen-bond donors (Lipinski definition) is 4. The lowest BCUT2D eigenvalue weighted by Gasteiger charge is -2.07. The molecule has 86 valence electrons. The lowest BCUT2D eigenvalue weighted by molar-refractivity contribution is -0.138. The SMILES string of the molecule is [2H]C([2H])(C=C)N=C(N)NCCC[C@H](N)C(=O)O. The fourth-order valence-corrected chi connectivity index (χ4v) is 0.817. The second-order valence-electron chi connectivity index (χ2n) is 2.84. The van der Waals surface area contributed by atoms with Gasteiger partial charge < -0.3 is 21.9 Å². The third kappa shape index (κ3) is 7.51. The van der Waals surface area contributed by atoms with Gasteiger partial charge in [0, 0.05) is 6.54 Å². The zero-order chi connectivity index (χ0) is 13.5. The molecule has 0 aliphatic heterocycles. The van der Waals surface area contributed by atoms with Crippen LogP contribution < -0.4 is 16.8 Å². The van der Waals surface area contributed by atoms with E-state index in [1.54, 1.807) is 0 Å². The molecule has 0 saturated carbocycles. The molecule has 0 fully saturated rings. The van der Waals surface area contributed by atoms with Gasteiger partial charge in [0.1, 0.15) is 6.04 Å². The molecule has 0 heterocycles. The van der Waals surface area contributed by atoms with Gasteiger partial charge in [-0.25, -0.2) is 4.99 Å². The zero-order valence-corrected chi connectivity index (χ0v) is 8.44. The molecule has 0 aromatic carbocycles. The van der Waals surface area contributed by atoms with E-state index in [0.29, 0.717) is 19.4 Å². The summed E-state index contributed by atoms with van der Waals surface area (Å²) in [5.74, 6) is -1.10. The monoisotopic (exact) mass is 216 g/mol. The smallest absolute Gasteiger partial charge is 0.320 e. The first-order chi connectivity index (χ1) is 7.78. The molecule has 6 N–H and O–H groups in total. The molecule has 0 aliphatic carbocycles. The molecule has 0 aliphatic rings. The van der Waals surface area contributed by atoms with Crippen molar-refractivity contribution in [3.63, 3.8) is 0 Å². The highest BCUT2D eigenvalue weighted by atomic mass is 16.4. The van der Waals surface area contributed by atoms with E-state index in [4.69, 9.17) is 19.3 Å². The van der Waals surface area contributed by atoms with Gasteiger partial charge in [0.15, 0.2) is 5.96 Å². The Labute approximate surface area is 91.9 Å². The summed E-state index contributed by atoms with van der Waals surface area (Å²) in [6.07, 6.45) is 1.84. The fourth-order valence-electron chi connectivity index (χ4n) is 0.817. The second-order valence-corrected chi connectivity index (χ2v) is 2.84. The Hall–Kier alpha value is -1.56. The second kappa shape index (κ2) is 7.81. The molecule has 0 bridgehead atoms. The summed E-state index contributed by atoms with van der Waals surface area (Å²) < 4.78 is 14.5. The molecule has 0 aromatic rings. The molecule has 0 saturated heterocycles. The lowest BCUT2D eigenvalue weighted by Crippen LogP contribution is -2.35. The van der Waals surface area contributed by atoms with Crippen LogP contribution in [0.2, 0.25) is 0 Å². The van der Waals surface area contributed by atoms with Gasteiger partial charge in [-0.1, -0.05) is 6.08 Å². The molecule has 0 aromatic heterocycles. The molecule has 6 heteroatoms. The number of carboxylic acid groups (broad SMARTS) is 1. The van der Waals surface area contributed by atoms with Crippen LogP contribution in [0.15, 0.2) is 17.6 Å². The maximum atomic E-state index is 10.4. The van der Waals surface area contributed by atoms with Crippen LogP contribution in [0.3, 0.4) is 0 Å². The van der Waals surface area contributed by atoms with Crippen molar-refractivity contribution in [1.29, 1.82) is 0 Å². The van der Waals surface area contributed by atoms with Gasteiger partial charge in [0.05, 0.1) is 9.24 Å². The first-order valence-corrected chi connectivity index (χ1v) is 4.49. The van der Waals surface area contributed by atoms with E-state index in [1.165, 1.54) is 0 Å². The van der Waals surface area contributed by atoms with Gasteiger partial charge in [0.25, 0.3) is 0 Å². The molecule has 0 radical (unpaired) electrons. The minimum absolute atomic E-state index is 0.0567. The van der Waals surface area contributed by atoms with E-state index >= 15 is 0 Å². The molecule has 1 atom stereocenters. The number of rotatable bonds is 7. The van der Waals surface area contributed by atoms with E-state index < -0.39 is 18.5 Å². The minimum atomic E-state index is -1.91. The normalized spacial score (nSPS) is 16.2. The number of nitrogens with one attached hydrogen (secondary N) is 1. The predicted octanol–water partition coefficient (Wildman–Crippen LogP) is -0.731. The van der Waals surface area contributed by atoms with Crippen LogP contribution in [-0.4, -0.2) is 36.1 Å². The third-order valence-corrected chi connectivity index (χ3v) is 1.59. The van der Waals surface area contributed by atoms with Gasteiger partial charge in [-0.15, -0.1) is 6.58 Å². The maximum absolute atomic E-state index is 10.4. The lowest BCUT2D eigenvalue weighted by atomic mass is 10.2. The number of aliphatic imine (C=N–C) groups is 1. The summed E-state index contributed by atoms with van der Waals surface area (Å²) in [4.78, 5) is 13.9. The number of carbonyl (C=O) groups is 1. The van der Waals surface area contributed by atoms with Crippen molar-refractivity contribution in [2.45, 2.75) is 18.9 Å². The molecular formula is C9H18N4O2. The summed E-state index contributed by atoms with van der Waals surface area (Å²) in [5, 5.41) is 11.2. The predicted molar refractivity (Wildman–Crippen MR) is 59.5 cm³/mol. The van der Waals surface area contributed by atoms with E-state index in [-0.39, 0.29) is 5.96 Å². The average molecular weight is 216 g/mol. The molecule has 15 heavy (non-hydrogen) atoms. The number of guanidine groups is 1. The van der Waals surface area contributed by atoms with Crippen LogP contribution in [-0.2, 0) is 4.79 Å². The Morgan fingerprint density at radius 3 is 3.00 bits per heavy atom. The van der Waals surface area contributed by atoms with Gasteiger partial charge in [-0.3, -0.25) is 4.79 Å². The highest BCUT2D eigenvalue weighted by Gasteiger charge is 2.09. The zero-order valence-electron chi connectivity index (χ0n) is 10.4. The molecule has 0 amide bonds. The summed E-state index contributed by atoms with van der Waals surface area (Å²) in [6, 6.07) is -0.894. The molecule has 0 spiro atoms. The molecule has 0 rings (SSSR count). The van der Waals surface area contributed by atoms with Crippen molar-refractivity contribution in [2.24, 2.45) is 16.5 Å². The van der Waals surface area contributed by atoms with Crippen LogP contribution in [0, 0.1) is 0 Å². The van der Waals surface area contributed by atoms with Gasteiger partial charge in [-0.05, 0) is 12.8 Å². The number of aliphatic carboxylic acids is 1. The molecule has 0 unspecified atom stereocenters. The van der Waals surface area contributed by atoms with E-state index in [2.05, 4.69) is 16.9 Å². The largest absolute Gasteiger partial charge is 0.480 e. The van der Waals surface area contributed by atoms with Crippen molar-refractivity contribution < 1.29 is 12.6 Å². The first kappa shape index (κ1) is 9.97. The van der Waals surface area contributed by atoms with Crippen molar-refractivity contribution in [3.8, 4) is 0 Å². The van der Waals surface area contributed by atoms with Crippen molar-refractivity contribution in [1.82, 2.24) is 5.32 Å². The van der Waals surface area contributed by atoms with Gasteiger partial charge in [-0.2, -0.15) is 0 Å². The minimum Gasteiger partial charge on any atom is -0.480 e. The maximum Gasteiger partial charge on any atom is 0.320 e.